The molecule has 1 unspecified atom stereocenters. The summed E-state index contributed by atoms with van der Waals surface area (Å²) in [5.41, 5.74) is 5.70. The van der Waals surface area contributed by atoms with E-state index in [0.29, 0.717) is 31.5 Å². The van der Waals surface area contributed by atoms with Crippen molar-refractivity contribution >= 4 is 29.9 Å². The van der Waals surface area contributed by atoms with Crippen molar-refractivity contribution in [2.24, 2.45) is 10.7 Å². The largest absolute Gasteiger partial charge is 0.389 e. The molecule has 3 N–H and O–H groups in total. The number of alkyl halides is 3. The van der Waals surface area contributed by atoms with Crippen LogP contribution in [0.1, 0.15) is 39.0 Å². The van der Waals surface area contributed by atoms with Crippen molar-refractivity contribution in [3.8, 4) is 0 Å². The zero-order valence-corrected chi connectivity index (χ0v) is 14.8. The quantitative estimate of drug-likeness (QED) is 0.287. The molecule has 0 spiro atoms. The van der Waals surface area contributed by atoms with Crippen molar-refractivity contribution in [1.29, 1.82) is 0 Å². The highest BCUT2D eigenvalue weighted by Gasteiger charge is 2.25. The summed E-state index contributed by atoms with van der Waals surface area (Å²) in [4.78, 5) is 6.65. The van der Waals surface area contributed by atoms with Gasteiger partial charge in [-0.25, -0.2) is 0 Å². The molecule has 0 radical (unpaired) electrons. The molecule has 0 saturated carbocycles. The first kappa shape index (κ1) is 20.8. The third-order valence-electron chi connectivity index (χ3n) is 3.57. The SMILES string of the molecule is CCN1CCCC1CN=C(N)NCCCCC(F)(F)F.I. The summed E-state index contributed by atoms with van der Waals surface area (Å²) in [6.45, 7) is 5.36. The fourth-order valence-electron chi connectivity index (χ4n) is 2.44. The van der Waals surface area contributed by atoms with Gasteiger partial charge >= 0.3 is 6.18 Å². The molecule has 4 nitrogen and oxygen atoms in total. The van der Waals surface area contributed by atoms with Crippen molar-refractivity contribution in [3.05, 3.63) is 0 Å². The minimum absolute atomic E-state index is 0. The molecule has 1 saturated heterocycles. The van der Waals surface area contributed by atoms with Gasteiger partial charge in [-0.05, 0) is 38.8 Å². The molecular weight excluding hydrogens is 396 g/mol. The van der Waals surface area contributed by atoms with Gasteiger partial charge < -0.3 is 11.1 Å². The number of unbranched alkanes of at least 4 members (excludes halogenated alkanes) is 1. The smallest absolute Gasteiger partial charge is 0.370 e. The van der Waals surface area contributed by atoms with Crippen LogP contribution in [-0.2, 0) is 0 Å². The molecule has 126 valence electrons. The fourth-order valence-corrected chi connectivity index (χ4v) is 2.44. The van der Waals surface area contributed by atoms with Crippen LogP contribution >= 0.6 is 24.0 Å². The minimum Gasteiger partial charge on any atom is -0.370 e. The molecule has 1 aliphatic heterocycles. The van der Waals surface area contributed by atoms with Crippen LogP contribution in [0.5, 0.6) is 0 Å². The number of guanidine groups is 1. The summed E-state index contributed by atoms with van der Waals surface area (Å²) < 4.78 is 35.8. The van der Waals surface area contributed by atoms with Crippen LogP contribution in [0, 0.1) is 0 Å². The Bertz CT molecular complexity index is 310. The van der Waals surface area contributed by atoms with Crippen LogP contribution in [0.25, 0.3) is 0 Å². The number of aliphatic imine (C=N–C) groups is 1. The molecule has 0 bridgehead atoms. The Morgan fingerprint density at radius 2 is 2.10 bits per heavy atom. The van der Waals surface area contributed by atoms with E-state index in [4.69, 9.17) is 5.73 Å². The van der Waals surface area contributed by atoms with Gasteiger partial charge in [-0.1, -0.05) is 6.92 Å². The van der Waals surface area contributed by atoms with Gasteiger partial charge in [0.25, 0.3) is 0 Å². The molecule has 1 rings (SSSR count). The monoisotopic (exact) mass is 422 g/mol. The molecule has 8 heteroatoms. The molecule has 0 aromatic heterocycles. The first-order valence-corrected chi connectivity index (χ1v) is 7.27. The van der Waals surface area contributed by atoms with Crippen molar-refractivity contribution in [1.82, 2.24) is 10.2 Å². The first-order chi connectivity index (χ1) is 9.42. The van der Waals surface area contributed by atoms with Crippen LogP contribution in [0.4, 0.5) is 13.2 Å². The second kappa shape index (κ2) is 10.5. The van der Waals surface area contributed by atoms with Crippen molar-refractivity contribution in [2.45, 2.75) is 51.2 Å². The molecule has 0 aromatic rings. The lowest BCUT2D eigenvalue weighted by Gasteiger charge is -2.20. The Morgan fingerprint density at radius 1 is 1.38 bits per heavy atom. The fraction of sp³-hybridized carbons (Fsp3) is 0.923. The van der Waals surface area contributed by atoms with E-state index in [9.17, 15) is 13.2 Å². The van der Waals surface area contributed by atoms with Gasteiger partial charge in [0.2, 0.25) is 0 Å². The molecule has 1 atom stereocenters. The molecule has 1 aliphatic rings. The molecule has 1 fully saturated rings. The highest BCUT2D eigenvalue weighted by molar-refractivity contribution is 14.0. The number of nitrogens with one attached hydrogen (secondary N) is 1. The number of halogens is 4. The van der Waals surface area contributed by atoms with E-state index in [2.05, 4.69) is 22.1 Å². The van der Waals surface area contributed by atoms with Crippen LogP contribution in [0.15, 0.2) is 4.99 Å². The van der Waals surface area contributed by atoms with Gasteiger partial charge in [0, 0.05) is 19.0 Å². The number of nitrogens with zero attached hydrogens (tertiary/aromatic N) is 2. The van der Waals surface area contributed by atoms with Crippen LogP contribution in [0.2, 0.25) is 0 Å². The maximum absolute atomic E-state index is 11.9. The van der Waals surface area contributed by atoms with E-state index < -0.39 is 12.6 Å². The summed E-state index contributed by atoms with van der Waals surface area (Å²) in [5, 5.41) is 2.87. The third kappa shape index (κ3) is 9.38. The van der Waals surface area contributed by atoms with Crippen molar-refractivity contribution < 1.29 is 13.2 Å². The van der Waals surface area contributed by atoms with Crippen LogP contribution in [-0.4, -0.2) is 49.3 Å². The third-order valence-corrected chi connectivity index (χ3v) is 3.57. The summed E-state index contributed by atoms with van der Waals surface area (Å²) >= 11 is 0. The Balaban J connectivity index is 0.00000400. The Morgan fingerprint density at radius 3 is 2.71 bits per heavy atom. The number of nitrogens with two attached hydrogens (primary N) is 1. The predicted molar refractivity (Wildman–Crippen MR) is 90.1 cm³/mol. The van der Waals surface area contributed by atoms with E-state index in [-0.39, 0.29) is 30.4 Å². The van der Waals surface area contributed by atoms with Gasteiger partial charge in [-0.2, -0.15) is 13.2 Å². The van der Waals surface area contributed by atoms with Crippen molar-refractivity contribution in [2.75, 3.05) is 26.2 Å². The Labute approximate surface area is 141 Å². The van der Waals surface area contributed by atoms with Crippen molar-refractivity contribution in [3.63, 3.8) is 0 Å². The molecule has 1 heterocycles. The van der Waals surface area contributed by atoms with Gasteiger partial charge in [0.15, 0.2) is 5.96 Å². The topological polar surface area (TPSA) is 53.6 Å². The van der Waals surface area contributed by atoms with Gasteiger partial charge in [0.05, 0.1) is 6.54 Å². The number of hydrogen-bond acceptors (Lipinski definition) is 2. The highest BCUT2D eigenvalue weighted by Crippen LogP contribution is 2.21. The number of likely N-dealkylation sites (N-methyl/N-ethyl adjacent to an activating group) is 1. The van der Waals surface area contributed by atoms with E-state index in [0.717, 1.165) is 19.5 Å². The standard InChI is InChI=1S/C13H25F3N4.HI/c1-2-20-9-5-6-11(20)10-19-12(17)18-8-4-3-7-13(14,15)16;/h11H,2-10H2,1H3,(H3,17,18,19);1H. The lowest BCUT2D eigenvalue weighted by atomic mass is 10.2. The van der Waals surface area contributed by atoms with E-state index in [1.54, 1.807) is 0 Å². The number of rotatable bonds is 7. The lowest BCUT2D eigenvalue weighted by molar-refractivity contribution is -0.135. The zero-order chi connectivity index (χ0) is 15.0. The molecule has 21 heavy (non-hydrogen) atoms. The number of likely N-dealkylation sites (tertiary alicyclic amines) is 1. The van der Waals surface area contributed by atoms with Gasteiger partial charge in [-0.3, -0.25) is 9.89 Å². The first-order valence-electron chi connectivity index (χ1n) is 7.27. The summed E-state index contributed by atoms with van der Waals surface area (Å²) in [7, 11) is 0. The van der Waals surface area contributed by atoms with Crippen LogP contribution in [0.3, 0.4) is 0 Å². The molecule has 0 aromatic carbocycles. The zero-order valence-electron chi connectivity index (χ0n) is 12.5. The normalized spacial score (nSPS) is 20.4. The summed E-state index contributed by atoms with van der Waals surface area (Å²) in [6.07, 6.45) is -1.91. The Kier molecular flexibility index (Phi) is 10.3. The molecule has 0 amide bonds. The maximum atomic E-state index is 11.9. The number of hydrogen-bond donors (Lipinski definition) is 2. The van der Waals surface area contributed by atoms with E-state index in [1.165, 1.54) is 6.42 Å². The maximum Gasteiger partial charge on any atom is 0.389 e. The lowest BCUT2D eigenvalue weighted by Crippen LogP contribution is -2.36. The van der Waals surface area contributed by atoms with E-state index in [1.807, 2.05) is 0 Å². The van der Waals surface area contributed by atoms with Gasteiger partial charge in [0.1, 0.15) is 0 Å². The average Bonchev–Trinajstić information content (AvgIpc) is 2.82. The summed E-state index contributed by atoms with van der Waals surface area (Å²) in [5.74, 6) is 0.333. The van der Waals surface area contributed by atoms with Gasteiger partial charge in [-0.15, -0.1) is 24.0 Å². The average molecular weight is 422 g/mol. The highest BCUT2D eigenvalue weighted by atomic mass is 127. The predicted octanol–water partition coefficient (Wildman–Crippen LogP) is 2.73. The second-order valence-corrected chi connectivity index (χ2v) is 5.15. The summed E-state index contributed by atoms with van der Waals surface area (Å²) in [6, 6.07) is 0.450. The molecule has 0 aliphatic carbocycles. The van der Waals surface area contributed by atoms with Crippen LogP contribution < -0.4 is 11.1 Å². The van der Waals surface area contributed by atoms with E-state index >= 15 is 0 Å². The Hall–Kier alpha value is -0.250. The molecular formula is C13H26F3IN4. The minimum atomic E-state index is -4.06. The second-order valence-electron chi connectivity index (χ2n) is 5.15.